The SMILES string of the molecule is Cc1cn(C(C)C(=O)Cl)c2ccc(S(=O)(=O)N3CCCCC3)cc12. The van der Waals surface area contributed by atoms with Gasteiger partial charge in [0.05, 0.1) is 4.90 Å². The Kier molecular flexibility index (Phi) is 4.73. The van der Waals surface area contributed by atoms with Gasteiger partial charge in [-0.1, -0.05) is 6.42 Å². The molecule has 1 aromatic heterocycles. The number of halogens is 1. The zero-order valence-electron chi connectivity index (χ0n) is 13.8. The van der Waals surface area contributed by atoms with Crippen LogP contribution in [-0.4, -0.2) is 35.6 Å². The third-order valence-electron chi connectivity index (χ3n) is 4.70. The number of benzene rings is 1. The summed E-state index contributed by atoms with van der Waals surface area (Å²) in [4.78, 5) is 11.8. The summed E-state index contributed by atoms with van der Waals surface area (Å²) in [6, 6.07) is 4.59. The molecule has 24 heavy (non-hydrogen) atoms. The lowest BCUT2D eigenvalue weighted by Gasteiger charge is -2.26. The van der Waals surface area contributed by atoms with E-state index in [0.717, 1.165) is 35.7 Å². The molecule has 0 N–H and O–H groups in total. The van der Waals surface area contributed by atoms with Gasteiger partial charge in [0.25, 0.3) is 0 Å². The molecule has 0 bridgehead atoms. The summed E-state index contributed by atoms with van der Waals surface area (Å²) in [5.41, 5.74) is 1.73. The highest BCUT2D eigenvalue weighted by molar-refractivity contribution is 7.89. The van der Waals surface area contributed by atoms with Gasteiger partial charge >= 0.3 is 0 Å². The molecule has 130 valence electrons. The van der Waals surface area contributed by atoms with E-state index in [4.69, 9.17) is 11.6 Å². The Labute approximate surface area is 147 Å². The van der Waals surface area contributed by atoms with E-state index in [0.29, 0.717) is 18.0 Å². The fraction of sp³-hybridized carbons (Fsp3) is 0.471. The Morgan fingerprint density at radius 3 is 2.50 bits per heavy atom. The first-order valence-corrected chi connectivity index (χ1v) is 9.95. The van der Waals surface area contributed by atoms with E-state index in [-0.39, 0.29) is 0 Å². The fourth-order valence-electron chi connectivity index (χ4n) is 3.25. The van der Waals surface area contributed by atoms with E-state index in [2.05, 4.69) is 0 Å². The van der Waals surface area contributed by atoms with Gasteiger partial charge in [-0.3, -0.25) is 4.79 Å². The van der Waals surface area contributed by atoms with Gasteiger partial charge in [0.2, 0.25) is 15.3 Å². The predicted molar refractivity (Wildman–Crippen MR) is 94.9 cm³/mol. The van der Waals surface area contributed by atoms with Crippen LogP contribution in [0.15, 0.2) is 29.3 Å². The van der Waals surface area contributed by atoms with Gasteiger partial charge in [-0.25, -0.2) is 8.42 Å². The van der Waals surface area contributed by atoms with Crippen LogP contribution in [0.25, 0.3) is 10.9 Å². The largest absolute Gasteiger partial charge is 0.336 e. The van der Waals surface area contributed by atoms with E-state index in [1.54, 1.807) is 34.0 Å². The summed E-state index contributed by atoms with van der Waals surface area (Å²) in [6.07, 6.45) is 4.74. The minimum atomic E-state index is -3.47. The second-order valence-corrected chi connectivity index (χ2v) is 8.65. The number of rotatable bonds is 4. The Morgan fingerprint density at radius 2 is 1.88 bits per heavy atom. The lowest BCUT2D eigenvalue weighted by molar-refractivity contribution is -0.114. The monoisotopic (exact) mass is 368 g/mol. The molecule has 7 heteroatoms. The molecule has 0 aliphatic carbocycles. The number of nitrogens with zero attached hydrogens (tertiary/aromatic N) is 2. The lowest BCUT2D eigenvalue weighted by Crippen LogP contribution is -2.35. The molecule has 2 aromatic rings. The molecule has 3 rings (SSSR count). The van der Waals surface area contributed by atoms with Crippen molar-refractivity contribution in [2.24, 2.45) is 0 Å². The topological polar surface area (TPSA) is 59.4 Å². The van der Waals surface area contributed by atoms with Crippen LogP contribution in [0.2, 0.25) is 0 Å². The standard InChI is InChI=1S/C17H21ClN2O3S/c1-12-11-20(13(2)17(18)21)16-7-6-14(10-15(12)16)24(22,23)19-8-4-3-5-9-19/h6-7,10-11,13H,3-5,8-9H2,1-2H3. The summed E-state index contributed by atoms with van der Waals surface area (Å²) in [6.45, 7) is 4.80. The summed E-state index contributed by atoms with van der Waals surface area (Å²) >= 11 is 5.62. The number of piperidine rings is 1. The van der Waals surface area contributed by atoms with Crippen molar-refractivity contribution < 1.29 is 13.2 Å². The smallest absolute Gasteiger partial charge is 0.244 e. The van der Waals surface area contributed by atoms with Gasteiger partial charge in [0, 0.05) is 30.2 Å². The van der Waals surface area contributed by atoms with Crippen LogP contribution in [0.5, 0.6) is 0 Å². The third kappa shape index (κ3) is 2.98. The maximum atomic E-state index is 12.8. The third-order valence-corrected chi connectivity index (χ3v) is 6.91. The van der Waals surface area contributed by atoms with Crippen molar-refractivity contribution in [1.29, 1.82) is 0 Å². The average Bonchev–Trinajstić information content (AvgIpc) is 2.91. The minimum Gasteiger partial charge on any atom is -0.336 e. The maximum absolute atomic E-state index is 12.8. The Bertz CT molecular complexity index is 883. The van der Waals surface area contributed by atoms with Crippen LogP contribution in [0.4, 0.5) is 0 Å². The molecule has 5 nitrogen and oxygen atoms in total. The number of carbonyl (C=O) groups excluding carboxylic acids is 1. The zero-order chi connectivity index (χ0) is 17.5. The van der Waals surface area contributed by atoms with Crippen molar-refractivity contribution in [3.63, 3.8) is 0 Å². The molecular weight excluding hydrogens is 348 g/mol. The molecule has 1 saturated heterocycles. The molecule has 0 spiro atoms. The molecule has 1 atom stereocenters. The average molecular weight is 369 g/mol. The van der Waals surface area contributed by atoms with Crippen molar-refractivity contribution in [2.75, 3.05) is 13.1 Å². The van der Waals surface area contributed by atoms with Crippen molar-refractivity contribution in [2.45, 2.75) is 44.0 Å². The molecule has 1 fully saturated rings. The summed E-state index contributed by atoms with van der Waals surface area (Å²) in [7, 11) is -3.47. The Morgan fingerprint density at radius 1 is 1.21 bits per heavy atom. The van der Waals surface area contributed by atoms with E-state index < -0.39 is 21.3 Å². The van der Waals surface area contributed by atoms with Gasteiger partial charge < -0.3 is 4.57 Å². The second kappa shape index (κ2) is 6.50. The van der Waals surface area contributed by atoms with Gasteiger partial charge in [-0.2, -0.15) is 4.31 Å². The highest BCUT2D eigenvalue weighted by Gasteiger charge is 2.27. The number of hydrogen-bond acceptors (Lipinski definition) is 3. The van der Waals surface area contributed by atoms with Gasteiger partial charge in [0.15, 0.2) is 0 Å². The molecule has 2 heterocycles. The number of fused-ring (bicyclic) bond motifs is 1. The number of aromatic nitrogens is 1. The normalized spacial score (nSPS) is 18.0. The predicted octanol–water partition coefficient (Wildman–Crippen LogP) is 3.45. The summed E-state index contributed by atoms with van der Waals surface area (Å²) in [5, 5.41) is 0.384. The van der Waals surface area contributed by atoms with Crippen molar-refractivity contribution in [3.05, 3.63) is 30.0 Å². The lowest BCUT2D eigenvalue weighted by atomic mass is 10.2. The van der Waals surface area contributed by atoms with Gasteiger partial charge in [-0.15, -0.1) is 0 Å². The first-order chi connectivity index (χ1) is 11.3. The number of carbonyl (C=O) groups is 1. The number of hydrogen-bond donors (Lipinski definition) is 0. The van der Waals surface area contributed by atoms with Crippen LogP contribution in [0.1, 0.15) is 37.8 Å². The molecule has 1 aromatic carbocycles. The van der Waals surface area contributed by atoms with Crippen molar-refractivity contribution in [1.82, 2.24) is 8.87 Å². The Balaban J connectivity index is 2.06. The summed E-state index contributed by atoms with van der Waals surface area (Å²) < 4.78 is 29.0. The summed E-state index contributed by atoms with van der Waals surface area (Å²) in [5.74, 6) is 0. The van der Waals surface area contributed by atoms with Crippen LogP contribution in [0.3, 0.4) is 0 Å². The van der Waals surface area contributed by atoms with E-state index >= 15 is 0 Å². The van der Waals surface area contributed by atoms with Crippen LogP contribution in [-0.2, 0) is 14.8 Å². The van der Waals surface area contributed by atoms with Crippen LogP contribution >= 0.6 is 11.6 Å². The van der Waals surface area contributed by atoms with Gasteiger partial charge in [0.1, 0.15) is 6.04 Å². The number of sulfonamides is 1. The fourth-order valence-corrected chi connectivity index (χ4v) is 4.90. The highest BCUT2D eigenvalue weighted by atomic mass is 35.5. The quantitative estimate of drug-likeness (QED) is 0.776. The number of aryl methyl sites for hydroxylation is 1. The first-order valence-electron chi connectivity index (χ1n) is 8.13. The van der Waals surface area contributed by atoms with E-state index in [9.17, 15) is 13.2 Å². The molecular formula is C17H21ClN2O3S. The molecule has 0 radical (unpaired) electrons. The van der Waals surface area contributed by atoms with Crippen LogP contribution < -0.4 is 0 Å². The highest BCUT2D eigenvalue weighted by Crippen LogP contribution is 2.29. The second-order valence-electron chi connectivity index (χ2n) is 6.34. The molecule has 0 saturated carbocycles. The van der Waals surface area contributed by atoms with Crippen LogP contribution in [0, 0.1) is 6.92 Å². The maximum Gasteiger partial charge on any atom is 0.244 e. The molecule has 1 aliphatic rings. The van der Waals surface area contributed by atoms with E-state index in [1.807, 2.05) is 13.1 Å². The zero-order valence-corrected chi connectivity index (χ0v) is 15.4. The molecule has 1 unspecified atom stereocenters. The first kappa shape index (κ1) is 17.5. The van der Waals surface area contributed by atoms with E-state index in [1.165, 1.54) is 0 Å². The van der Waals surface area contributed by atoms with Gasteiger partial charge in [-0.05, 0) is 62.1 Å². The Hall–Kier alpha value is -1.37. The molecule has 0 amide bonds. The minimum absolute atomic E-state index is 0.308. The molecule has 1 aliphatic heterocycles. The van der Waals surface area contributed by atoms with Crippen molar-refractivity contribution in [3.8, 4) is 0 Å². The van der Waals surface area contributed by atoms with Crippen molar-refractivity contribution >= 4 is 37.8 Å².